The minimum absolute atomic E-state index is 0.000454. The number of likely N-dealkylation sites (N-methyl/N-ethyl adjacent to an activating group) is 1. The van der Waals surface area contributed by atoms with Crippen molar-refractivity contribution in [2.75, 3.05) is 32.7 Å². The molecule has 1 aliphatic heterocycles. The minimum Gasteiger partial charge on any atom is -0.355 e. The third-order valence-electron chi connectivity index (χ3n) is 4.02. The lowest BCUT2D eigenvalue weighted by atomic mass is 9.96. The maximum Gasteiger partial charge on any atom is 0.253 e. The van der Waals surface area contributed by atoms with Crippen LogP contribution in [0.25, 0.3) is 0 Å². The van der Waals surface area contributed by atoms with Crippen molar-refractivity contribution in [3.8, 4) is 0 Å². The molecule has 1 aromatic carbocycles. The Morgan fingerprint density at radius 2 is 2.00 bits per heavy atom. The average molecular weight is 321 g/mol. The van der Waals surface area contributed by atoms with E-state index < -0.39 is 0 Å². The van der Waals surface area contributed by atoms with Gasteiger partial charge in [-0.15, -0.1) is 0 Å². The summed E-state index contributed by atoms with van der Waals surface area (Å²) in [7, 11) is 0. The molecule has 1 aliphatic rings. The highest BCUT2D eigenvalue weighted by atomic mass is 19.1. The van der Waals surface area contributed by atoms with Gasteiger partial charge in [-0.3, -0.25) is 9.59 Å². The van der Waals surface area contributed by atoms with Gasteiger partial charge in [0.25, 0.3) is 5.91 Å². The Morgan fingerprint density at radius 1 is 1.26 bits per heavy atom. The highest BCUT2D eigenvalue weighted by molar-refractivity contribution is 5.94. The Morgan fingerprint density at radius 3 is 2.70 bits per heavy atom. The monoisotopic (exact) mass is 321 g/mol. The molecular formula is C17H24FN3O2. The van der Waals surface area contributed by atoms with Gasteiger partial charge in [-0.25, -0.2) is 4.39 Å². The molecule has 2 N–H and O–H groups in total. The number of hydrogen-bond acceptors (Lipinski definition) is 3. The molecule has 1 unspecified atom stereocenters. The summed E-state index contributed by atoms with van der Waals surface area (Å²) in [5.74, 6) is -0.678. The molecule has 0 radical (unpaired) electrons. The molecule has 1 atom stereocenters. The Hall–Kier alpha value is -1.95. The summed E-state index contributed by atoms with van der Waals surface area (Å²) in [6, 6.07) is 5.53. The zero-order valence-corrected chi connectivity index (χ0v) is 13.5. The molecule has 2 amide bonds. The number of halogens is 1. The van der Waals surface area contributed by atoms with Crippen LogP contribution in [-0.4, -0.2) is 49.4 Å². The van der Waals surface area contributed by atoms with Gasteiger partial charge < -0.3 is 15.5 Å². The number of nitrogens with one attached hydrogen (secondary N) is 2. The lowest BCUT2D eigenvalue weighted by Crippen LogP contribution is -2.46. The van der Waals surface area contributed by atoms with Gasteiger partial charge >= 0.3 is 0 Å². The number of piperidine rings is 1. The standard InChI is InChI=1S/C17H24FN3O2/c1-2-19-9-10-20-16(22)14-4-3-11-21(12-14)17(23)13-5-7-15(18)8-6-13/h5-8,14,19H,2-4,9-12H2,1H3,(H,20,22). The zero-order chi connectivity index (χ0) is 16.7. The van der Waals surface area contributed by atoms with E-state index in [9.17, 15) is 14.0 Å². The van der Waals surface area contributed by atoms with Gasteiger partial charge in [0.05, 0.1) is 5.92 Å². The maximum atomic E-state index is 13.0. The van der Waals surface area contributed by atoms with E-state index in [4.69, 9.17) is 0 Å². The van der Waals surface area contributed by atoms with Gasteiger partial charge in [-0.2, -0.15) is 0 Å². The summed E-state index contributed by atoms with van der Waals surface area (Å²) in [6.45, 7) is 5.28. The number of likely N-dealkylation sites (tertiary alicyclic amines) is 1. The third-order valence-corrected chi connectivity index (χ3v) is 4.02. The maximum absolute atomic E-state index is 13.0. The van der Waals surface area contributed by atoms with Gasteiger partial charge in [0.1, 0.15) is 5.82 Å². The van der Waals surface area contributed by atoms with Crippen molar-refractivity contribution < 1.29 is 14.0 Å². The van der Waals surface area contributed by atoms with E-state index in [2.05, 4.69) is 10.6 Å². The minimum atomic E-state index is -0.363. The highest BCUT2D eigenvalue weighted by Gasteiger charge is 2.28. The Kier molecular flexibility index (Phi) is 6.52. The number of amides is 2. The molecule has 5 nitrogen and oxygen atoms in total. The number of carbonyl (C=O) groups is 2. The second-order valence-corrected chi connectivity index (χ2v) is 5.74. The number of carbonyl (C=O) groups excluding carboxylic acids is 2. The molecule has 23 heavy (non-hydrogen) atoms. The summed E-state index contributed by atoms with van der Waals surface area (Å²) < 4.78 is 13.0. The quantitative estimate of drug-likeness (QED) is 0.779. The Labute approximate surface area is 136 Å². The van der Waals surface area contributed by atoms with Crippen molar-refractivity contribution in [2.45, 2.75) is 19.8 Å². The van der Waals surface area contributed by atoms with E-state index in [-0.39, 0.29) is 23.5 Å². The zero-order valence-electron chi connectivity index (χ0n) is 13.5. The molecule has 0 aliphatic carbocycles. The molecule has 0 spiro atoms. The first-order valence-corrected chi connectivity index (χ1v) is 8.15. The summed E-state index contributed by atoms with van der Waals surface area (Å²) >= 11 is 0. The van der Waals surface area contributed by atoms with Crippen molar-refractivity contribution in [2.24, 2.45) is 5.92 Å². The Bertz CT molecular complexity index is 533. The van der Waals surface area contributed by atoms with Crippen LogP contribution in [0.4, 0.5) is 4.39 Å². The van der Waals surface area contributed by atoms with Crippen molar-refractivity contribution in [1.29, 1.82) is 0 Å². The molecule has 0 bridgehead atoms. The number of hydrogen-bond donors (Lipinski definition) is 2. The lowest BCUT2D eigenvalue weighted by molar-refractivity contribution is -0.126. The largest absolute Gasteiger partial charge is 0.355 e. The molecule has 1 aromatic rings. The first-order chi connectivity index (χ1) is 11.1. The number of nitrogens with zero attached hydrogens (tertiary/aromatic N) is 1. The van der Waals surface area contributed by atoms with E-state index in [1.54, 1.807) is 4.90 Å². The second-order valence-electron chi connectivity index (χ2n) is 5.74. The smallest absolute Gasteiger partial charge is 0.253 e. The van der Waals surface area contributed by atoms with Crippen LogP contribution < -0.4 is 10.6 Å². The fourth-order valence-electron chi connectivity index (χ4n) is 2.75. The van der Waals surface area contributed by atoms with Crippen molar-refractivity contribution in [1.82, 2.24) is 15.5 Å². The van der Waals surface area contributed by atoms with E-state index in [0.29, 0.717) is 25.2 Å². The highest BCUT2D eigenvalue weighted by Crippen LogP contribution is 2.19. The van der Waals surface area contributed by atoms with Crippen LogP contribution in [-0.2, 0) is 4.79 Å². The van der Waals surface area contributed by atoms with E-state index >= 15 is 0 Å². The van der Waals surface area contributed by atoms with Crippen molar-refractivity contribution >= 4 is 11.8 Å². The van der Waals surface area contributed by atoms with Crippen LogP contribution in [0, 0.1) is 11.7 Å². The van der Waals surface area contributed by atoms with Crippen LogP contribution in [0.3, 0.4) is 0 Å². The summed E-state index contributed by atoms with van der Waals surface area (Å²) in [5.41, 5.74) is 0.458. The second kappa shape index (κ2) is 8.62. The van der Waals surface area contributed by atoms with E-state index in [1.165, 1.54) is 24.3 Å². The van der Waals surface area contributed by atoms with Gasteiger partial charge in [0, 0.05) is 31.7 Å². The first kappa shape index (κ1) is 17.4. The van der Waals surface area contributed by atoms with Crippen molar-refractivity contribution in [3.05, 3.63) is 35.6 Å². The molecule has 0 saturated carbocycles. The van der Waals surface area contributed by atoms with Crippen LogP contribution in [0.5, 0.6) is 0 Å². The van der Waals surface area contributed by atoms with Crippen molar-refractivity contribution in [3.63, 3.8) is 0 Å². The van der Waals surface area contributed by atoms with Gasteiger partial charge in [-0.1, -0.05) is 6.92 Å². The molecular weight excluding hydrogens is 297 g/mol. The van der Waals surface area contributed by atoms with Gasteiger partial charge in [0.2, 0.25) is 5.91 Å². The lowest BCUT2D eigenvalue weighted by Gasteiger charge is -2.32. The molecule has 2 rings (SSSR count). The molecule has 6 heteroatoms. The van der Waals surface area contributed by atoms with Crippen LogP contribution in [0.1, 0.15) is 30.1 Å². The predicted octanol–water partition coefficient (Wildman–Crippen LogP) is 1.40. The van der Waals surface area contributed by atoms with Gasteiger partial charge in [0.15, 0.2) is 0 Å². The number of benzene rings is 1. The summed E-state index contributed by atoms with van der Waals surface area (Å²) in [5, 5.41) is 6.05. The third kappa shape index (κ3) is 5.03. The SMILES string of the molecule is CCNCCNC(=O)C1CCCN(C(=O)c2ccc(F)cc2)C1. The van der Waals surface area contributed by atoms with Crippen LogP contribution in [0.2, 0.25) is 0 Å². The molecule has 1 saturated heterocycles. The Balaban J connectivity index is 1.88. The number of rotatable bonds is 6. The van der Waals surface area contributed by atoms with E-state index in [1.807, 2.05) is 6.92 Å². The molecule has 1 heterocycles. The molecule has 126 valence electrons. The molecule has 1 fully saturated rings. The van der Waals surface area contributed by atoms with Crippen LogP contribution >= 0.6 is 0 Å². The first-order valence-electron chi connectivity index (χ1n) is 8.15. The van der Waals surface area contributed by atoms with E-state index in [0.717, 1.165) is 25.9 Å². The average Bonchev–Trinajstić information content (AvgIpc) is 2.59. The van der Waals surface area contributed by atoms with Gasteiger partial charge in [-0.05, 0) is 43.7 Å². The molecule has 0 aromatic heterocycles. The summed E-state index contributed by atoms with van der Waals surface area (Å²) in [4.78, 5) is 26.3. The fourth-order valence-corrected chi connectivity index (χ4v) is 2.75. The fraction of sp³-hybridized carbons (Fsp3) is 0.529. The predicted molar refractivity (Wildman–Crippen MR) is 86.6 cm³/mol. The topological polar surface area (TPSA) is 61.4 Å². The van der Waals surface area contributed by atoms with Crippen LogP contribution in [0.15, 0.2) is 24.3 Å². The summed E-state index contributed by atoms with van der Waals surface area (Å²) in [6.07, 6.45) is 1.60. The normalized spacial score (nSPS) is 17.8.